The Hall–Kier alpha value is -0.640. The molecule has 3 nitrogen and oxygen atoms in total. The van der Waals surface area contributed by atoms with Crippen LogP contribution in [0.3, 0.4) is 0 Å². The molecule has 1 aliphatic rings. The maximum atomic E-state index is 4.47. The van der Waals surface area contributed by atoms with Crippen LogP contribution in [-0.2, 0) is 0 Å². The standard InChI is InChI=1S/C9H15N3S/c1-2-6-10-9-11-8(12-13-9)7-4-3-5-7/h7H,2-6H2,1H3,(H,10,11,12). The van der Waals surface area contributed by atoms with Crippen LogP contribution in [0.1, 0.15) is 44.3 Å². The van der Waals surface area contributed by atoms with Crippen LogP contribution in [0.2, 0.25) is 0 Å². The van der Waals surface area contributed by atoms with Gasteiger partial charge >= 0.3 is 0 Å². The molecule has 0 unspecified atom stereocenters. The number of anilines is 1. The molecular formula is C9H15N3S. The molecule has 1 heterocycles. The maximum Gasteiger partial charge on any atom is 0.202 e. The van der Waals surface area contributed by atoms with Crippen molar-refractivity contribution in [2.75, 3.05) is 11.9 Å². The molecule has 0 aliphatic heterocycles. The third-order valence-electron chi connectivity index (χ3n) is 2.44. The highest BCUT2D eigenvalue weighted by Crippen LogP contribution is 2.35. The van der Waals surface area contributed by atoms with Crippen molar-refractivity contribution in [3.63, 3.8) is 0 Å². The first kappa shape index (κ1) is 8.94. The van der Waals surface area contributed by atoms with E-state index in [1.807, 2.05) is 0 Å². The van der Waals surface area contributed by atoms with Crippen LogP contribution in [0.15, 0.2) is 0 Å². The van der Waals surface area contributed by atoms with Crippen LogP contribution in [0.5, 0.6) is 0 Å². The summed E-state index contributed by atoms with van der Waals surface area (Å²) in [6.07, 6.45) is 5.05. The molecule has 1 fully saturated rings. The lowest BCUT2D eigenvalue weighted by Crippen LogP contribution is -2.10. The topological polar surface area (TPSA) is 37.8 Å². The first-order valence-corrected chi connectivity index (χ1v) is 5.75. The third kappa shape index (κ3) is 1.99. The van der Waals surface area contributed by atoms with Crippen molar-refractivity contribution in [1.29, 1.82) is 0 Å². The van der Waals surface area contributed by atoms with Gasteiger partial charge in [-0.15, -0.1) is 0 Å². The number of rotatable bonds is 4. The monoisotopic (exact) mass is 197 g/mol. The normalized spacial score (nSPS) is 17.0. The SMILES string of the molecule is CCCNc1nc(C2CCC2)ns1. The van der Waals surface area contributed by atoms with E-state index in [1.165, 1.54) is 30.8 Å². The maximum absolute atomic E-state index is 4.47. The van der Waals surface area contributed by atoms with Gasteiger partial charge in [0.05, 0.1) is 0 Å². The number of hydrogen-bond acceptors (Lipinski definition) is 4. The van der Waals surface area contributed by atoms with E-state index in [0.29, 0.717) is 5.92 Å². The first-order chi connectivity index (χ1) is 6.40. The molecule has 2 rings (SSSR count). The summed E-state index contributed by atoms with van der Waals surface area (Å²) in [7, 11) is 0. The van der Waals surface area contributed by atoms with Gasteiger partial charge in [-0.1, -0.05) is 13.3 Å². The Labute approximate surface area is 82.8 Å². The first-order valence-electron chi connectivity index (χ1n) is 4.97. The molecule has 0 atom stereocenters. The molecule has 13 heavy (non-hydrogen) atoms. The molecule has 0 aromatic carbocycles. The van der Waals surface area contributed by atoms with Crippen LogP contribution in [-0.4, -0.2) is 15.9 Å². The Bertz CT molecular complexity index is 268. The lowest BCUT2D eigenvalue weighted by Gasteiger charge is -2.21. The minimum atomic E-state index is 0.661. The zero-order chi connectivity index (χ0) is 9.10. The molecule has 0 bridgehead atoms. The van der Waals surface area contributed by atoms with Gasteiger partial charge < -0.3 is 5.32 Å². The van der Waals surface area contributed by atoms with Gasteiger partial charge in [-0.05, 0) is 19.3 Å². The summed E-state index contributed by atoms with van der Waals surface area (Å²) < 4.78 is 4.36. The molecule has 72 valence electrons. The van der Waals surface area contributed by atoms with Crippen molar-refractivity contribution in [2.45, 2.75) is 38.5 Å². The highest BCUT2D eigenvalue weighted by atomic mass is 32.1. The Morgan fingerprint density at radius 2 is 2.38 bits per heavy atom. The predicted molar refractivity (Wildman–Crippen MR) is 55.3 cm³/mol. The van der Waals surface area contributed by atoms with E-state index >= 15 is 0 Å². The van der Waals surface area contributed by atoms with Gasteiger partial charge in [0.25, 0.3) is 0 Å². The van der Waals surface area contributed by atoms with E-state index in [1.54, 1.807) is 0 Å². The summed E-state index contributed by atoms with van der Waals surface area (Å²) in [5, 5.41) is 4.25. The Balaban J connectivity index is 1.92. The minimum absolute atomic E-state index is 0.661. The largest absolute Gasteiger partial charge is 0.360 e. The van der Waals surface area contributed by atoms with E-state index in [9.17, 15) is 0 Å². The molecule has 0 saturated heterocycles. The van der Waals surface area contributed by atoms with Crippen molar-refractivity contribution < 1.29 is 0 Å². The van der Waals surface area contributed by atoms with E-state index < -0.39 is 0 Å². The van der Waals surface area contributed by atoms with Crippen LogP contribution in [0.25, 0.3) is 0 Å². The fraction of sp³-hybridized carbons (Fsp3) is 0.778. The highest BCUT2D eigenvalue weighted by Gasteiger charge is 2.23. The number of nitrogens with zero attached hydrogens (tertiary/aromatic N) is 2. The molecule has 1 N–H and O–H groups in total. The van der Waals surface area contributed by atoms with Gasteiger partial charge in [0.15, 0.2) is 0 Å². The summed E-state index contributed by atoms with van der Waals surface area (Å²) in [5.41, 5.74) is 0. The second-order valence-corrected chi connectivity index (χ2v) is 4.26. The van der Waals surface area contributed by atoms with Gasteiger partial charge in [0.1, 0.15) is 5.82 Å². The summed E-state index contributed by atoms with van der Waals surface area (Å²) in [5.74, 6) is 1.73. The minimum Gasteiger partial charge on any atom is -0.360 e. The van der Waals surface area contributed by atoms with Gasteiger partial charge in [0, 0.05) is 24.0 Å². The van der Waals surface area contributed by atoms with Gasteiger partial charge in [0.2, 0.25) is 5.13 Å². The number of hydrogen-bond donors (Lipinski definition) is 1. The highest BCUT2D eigenvalue weighted by molar-refractivity contribution is 7.09. The zero-order valence-electron chi connectivity index (χ0n) is 7.92. The average Bonchev–Trinajstić information content (AvgIpc) is 2.46. The fourth-order valence-electron chi connectivity index (χ4n) is 1.37. The van der Waals surface area contributed by atoms with E-state index in [-0.39, 0.29) is 0 Å². The van der Waals surface area contributed by atoms with E-state index in [0.717, 1.165) is 23.9 Å². The Morgan fingerprint density at radius 3 is 3.00 bits per heavy atom. The average molecular weight is 197 g/mol. The fourth-order valence-corrected chi connectivity index (χ4v) is 2.04. The van der Waals surface area contributed by atoms with Gasteiger partial charge in [-0.25, -0.2) is 4.98 Å². The van der Waals surface area contributed by atoms with Crippen molar-refractivity contribution in [1.82, 2.24) is 9.36 Å². The van der Waals surface area contributed by atoms with Gasteiger partial charge in [-0.2, -0.15) is 4.37 Å². The Morgan fingerprint density at radius 1 is 1.54 bits per heavy atom. The molecule has 1 saturated carbocycles. The van der Waals surface area contributed by atoms with Crippen molar-refractivity contribution in [3.8, 4) is 0 Å². The Kier molecular flexibility index (Phi) is 2.78. The van der Waals surface area contributed by atoms with E-state index in [4.69, 9.17) is 0 Å². The zero-order valence-corrected chi connectivity index (χ0v) is 8.73. The smallest absolute Gasteiger partial charge is 0.202 e. The molecule has 1 aliphatic carbocycles. The van der Waals surface area contributed by atoms with Crippen molar-refractivity contribution in [2.24, 2.45) is 0 Å². The molecule has 1 aromatic rings. The second-order valence-electron chi connectivity index (χ2n) is 3.51. The number of nitrogens with one attached hydrogen (secondary N) is 1. The summed E-state index contributed by atoms with van der Waals surface area (Å²) in [4.78, 5) is 4.47. The molecule has 0 radical (unpaired) electrons. The molecule has 1 aromatic heterocycles. The summed E-state index contributed by atoms with van der Waals surface area (Å²) in [6, 6.07) is 0. The second kappa shape index (κ2) is 4.05. The van der Waals surface area contributed by atoms with E-state index in [2.05, 4.69) is 21.6 Å². The van der Waals surface area contributed by atoms with Crippen molar-refractivity contribution in [3.05, 3.63) is 5.82 Å². The third-order valence-corrected chi connectivity index (χ3v) is 3.13. The lowest BCUT2D eigenvalue weighted by molar-refractivity contribution is 0.405. The van der Waals surface area contributed by atoms with Crippen LogP contribution in [0.4, 0.5) is 5.13 Å². The van der Waals surface area contributed by atoms with Crippen LogP contribution < -0.4 is 5.32 Å². The van der Waals surface area contributed by atoms with Crippen molar-refractivity contribution >= 4 is 16.7 Å². The predicted octanol–water partition coefficient (Wildman–Crippen LogP) is 2.63. The van der Waals surface area contributed by atoms with Gasteiger partial charge in [-0.3, -0.25) is 0 Å². The van der Waals surface area contributed by atoms with Crippen LogP contribution >= 0.6 is 11.5 Å². The summed E-state index contributed by atoms with van der Waals surface area (Å²) in [6.45, 7) is 3.15. The quantitative estimate of drug-likeness (QED) is 0.806. The molecule has 4 heteroatoms. The molecular weight excluding hydrogens is 182 g/mol. The van der Waals surface area contributed by atoms with Crippen LogP contribution in [0, 0.1) is 0 Å². The molecule has 0 spiro atoms. The lowest BCUT2D eigenvalue weighted by atomic mass is 9.85. The summed E-state index contributed by atoms with van der Waals surface area (Å²) >= 11 is 1.49. The number of aromatic nitrogens is 2. The molecule has 0 amide bonds.